The minimum Gasteiger partial charge on any atom is -0.494 e. The standard InChI is InChI=1S/C28H29F3N4O2/c1-19-11-22(23-12-21(14-32-15-23)16-34-9-7-33(2)8-10-34)13-24-18-35(27(36)26(19)24)17-20-3-5-25(6-4-20)37-28(29,30)31/h3-6,11-15,18,36H,7-10,16-17H2,1-2H3. The van der Waals surface area contributed by atoms with Crippen molar-refractivity contribution in [1.29, 1.82) is 0 Å². The first-order valence-corrected chi connectivity index (χ1v) is 12.2. The van der Waals surface area contributed by atoms with E-state index < -0.39 is 6.36 Å². The third kappa shape index (κ3) is 5.89. The molecule has 0 aliphatic carbocycles. The van der Waals surface area contributed by atoms with Crippen LogP contribution >= 0.6 is 0 Å². The number of piperazine rings is 1. The summed E-state index contributed by atoms with van der Waals surface area (Å²) in [6, 6.07) is 11.9. The second-order valence-electron chi connectivity index (χ2n) is 9.69. The molecule has 3 heterocycles. The molecule has 0 amide bonds. The maximum atomic E-state index is 12.4. The summed E-state index contributed by atoms with van der Waals surface area (Å²) in [4.78, 5) is 9.26. The minimum absolute atomic E-state index is 0.122. The van der Waals surface area contributed by atoms with Gasteiger partial charge in [0.2, 0.25) is 0 Å². The average Bonchev–Trinajstić information content (AvgIpc) is 3.16. The Morgan fingerprint density at radius 2 is 1.65 bits per heavy atom. The van der Waals surface area contributed by atoms with Gasteiger partial charge in [-0.3, -0.25) is 9.88 Å². The van der Waals surface area contributed by atoms with Crippen LogP contribution in [0.2, 0.25) is 0 Å². The fourth-order valence-electron chi connectivity index (χ4n) is 4.87. The lowest BCUT2D eigenvalue weighted by atomic mass is 10.00. The van der Waals surface area contributed by atoms with Crippen molar-refractivity contribution < 1.29 is 23.0 Å². The summed E-state index contributed by atoms with van der Waals surface area (Å²) < 4.78 is 42.9. The first-order chi connectivity index (χ1) is 17.6. The van der Waals surface area contributed by atoms with Crippen LogP contribution in [0.1, 0.15) is 16.7 Å². The molecule has 1 saturated heterocycles. The van der Waals surface area contributed by atoms with Gasteiger partial charge in [0.15, 0.2) is 5.88 Å². The number of halogens is 3. The minimum atomic E-state index is -4.73. The molecule has 0 atom stereocenters. The fourth-order valence-corrected chi connectivity index (χ4v) is 4.87. The number of aromatic hydroxyl groups is 1. The molecule has 0 radical (unpaired) electrons. The SMILES string of the molecule is Cc1cc(-c2cncc(CN3CCN(C)CC3)c2)cc2cn(Cc3ccc(OC(F)(F)F)cc3)c(O)c12. The van der Waals surface area contributed by atoms with Gasteiger partial charge in [-0.25, -0.2) is 0 Å². The van der Waals surface area contributed by atoms with Gasteiger partial charge in [-0.15, -0.1) is 13.2 Å². The maximum Gasteiger partial charge on any atom is 0.573 e. The molecule has 0 bridgehead atoms. The highest BCUT2D eigenvalue weighted by Gasteiger charge is 2.31. The summed E-state index contributed by atoms with van der Waals surface area (Å²) in [5.74, 6) is -0.154. The molecule has 1 N–H and O–H groups in total. The van der Waals surface area contributed by atoms with Crippen molar-refractivity contribution in [3.05, 3.63) is 77.7 Å². The zero-order valence-electron chi connectivity index (χ0n) is 20.8. The molecule has 1 fully saturated rings. The fraction of sp³-hybridized carbons (Fsp3) is 0.321. The van der Waals surface area contributed by atoms with Gasteiger partial charge in [0, 0.05) is 67.7 Å². The Morgan fingerprint density at radius 3 is 2.35 bits per heavy atom. The summed E-state index contributed by atoms with van der Waals surface area (Å²) in [5, 5.41) is 12.5. The van der Waals surface area contributed by atoms with Crippen molar-refractivity contribution in [2.24, 2.45) is 0 Å². The number of aryl methyl sites for hydroxylation is 1. The van der Waals surface area contributed by atoms with Crippen LogP contribution in [-0.2, 0) is 13.1 Å². The Kier molecular flexibility index (Phi) is 6.83. The Hall–Kier alpha value is -3.56. The molecule has 2 aromatic heterocycles. The van der Waals surface area contributed by atoms with Crippen LogP contribution in [-0.4, -0.2) is 64.0 Å². The van der Waals surface area contributed by atoms with E-state index in [2.05, 4.69) is 32.6 Å². The molecule has 1 aliphatic rings. The number of fused-ring (bicyclic) bond motifs is 1. The summed E-state index contributed by atoms with van der Waals surface area (Å²) in [7, 11) is 2.15. The van der Waals surface area contributed by atoms with Crippen molar-refractivity contribution in [2.75, 3.05) is 33.2 Å². The van der Waals surface area contributed by atoms with E-state index in [1.54, 1.807) is 16.7 Å². The van der Waals surface area contributed by atoms with E-state index in [4.69, 9.17) is 0 Å². The summed E-state index contributed by atoms with van der Waals surface area (Å²) in [5.41, 5.74) is 4.87. The summed E-state index contributed by atoms with van der Waals surface area (Å²) in [6.07, 6.45) is 0.908. The highest BCUT2D eigenvalue weighted by Crippen LogP contribution is 2.35. The topological polar surface area (TPSA) is 53.8 Å². The molecule has 2 aromatic carbocycles. The quantitative estimate of drug-likeness (QED) is 0.376. The Labute approximate surface area is 213 Å². The Balaban J connectivity index is 1.37. The summed E-state index contributed by atoms with van der Waals surface area (Å²) >= 11 is 0. The van der Waals surface area contributed by atoms with Gasteiger partial charge in [0.05, 0.1) is 6.54 Å². The highest BCUT2D eigenvalue weighted by molar-refractivity contribution is 5.94. The van der Waals surface area contributed by atoms with Gasteiger partial charge >= 0.3 is 6.36 Å². The second-order valence-corrected chi connectivity index (χ2v) is 9.69. The lowest BCUT2D eigenvalue weighted by Crippen LogP contribution is -2.43. The van der Waals surface area contributed by atoms with E-state index in [0.717, 1.165) is 71.3 Å². The number of alkyl halides is 3. The van der Waals surface area contributed by atoms with Crippen LogP contribution in [0.5, 0.6) is 11.6 Å². The number of hydrogen-bond acceptors (Lipinski definition) is 5. The third-order valence-corrected chi connectivity index (χ3v) is 6.80. The molecular weight excluding hydrogens is 481 g/mol. The molecule has 6 nitrogen and oxygen atoms in total. The van der Waals surface area contributed by atoms with Crippen LogP contribution in [0.4, 0.5) is 13.2 Å². The van der Waals surface area contributed by atoms with Crippen LogP contribution < -0.4 is 4.74 Å². The average molecular weight is 511 g/mol. The van der Waals surface area contributed by atoms with Crippen molar-refractivity contribution in [2.45, 2.75) is 26.4 Å². The van der Waals surface area contributed by atoms with E-state index in [9.17, 15) is 18.3 Å². The monoisotopic (exact) mass is 510 g/mol. The molecule has 1 aliphatic heterocycles. The van der Waals surface area contributed by atoms with E-state index in [1.165, 1.54) is 12.1 Å². The second kappa shape index (κ2) is 10.1. The van der Waals surface area contributed by atoms with Crippen molar-refractivity contribution in [1.82, 2.24) is 19.4 Å². The third-order valence-electron chi connectivity index (χ3n) is 6.80. The first kappa shape index (κ1) is 25.1. The largest absolute Gasteiger partial charge is 0.573 e. The lowest BCUT2D eigenvalue weighted by molar-refractivity contribution is -0.274. The van der Waals surface area contributed by atoms with E-state index in [-0.39, 0.29) is 11.6 Å². The van der Waals surface area contributed by atoms with Gasteiger partial charge in [-0.05, 0) is 60.5 Å². The van der Waals surface area contributed by atoms with Gasteiger partial charge in [-0.1, -0.05) is 18.2 Å². The molecule has 0 saturated carbocycles. The number of ether oxygens (including phenoxy) is 1. The van der Waals surface area contributed by atoms with Crippen LogP contribution in [0.25, 0.3) is 21.9 Å². The number of pyridine rings is 1. The van der Waals surface area contributed by atoms with E-state index >= 15 is 0 Å². The molecule has 9 heteroatoms. The molecule has 37 heavy (non-hydrogen) atoms. The number of benzene rings is 2. The van der Waals surface area contributed by atoms with Crippen LogP contribution in [0.3, 0.4) is 0 Å². The number of rotatable bonds is 6. The van der Waals surface area contributed by atoms with Crippen molar-refractivity contribution in [3.8, 4) is 22.8 Å². The van der Waals surface area contributed by atoms with Gasteiger partial charge in [-0.2, -0.15) is 0 Å². The molecule has 5 rings (SSSR count). The maximum absolute atomic E-state index is 12.4. The highest BCUT2D eigenvalue weighted by atomic mass is 19.4. The summed E-state index contributed by atoms with van der Waals surface area (Å²) in [6.45, 7) is 7.33. The van der Waals surface area contributed by atoms with E-state index in [0.29, 0.717) is 6.54 Å². The number of aromatic nitrogens is 2. The molecular formula is C28H29F3N4O2. The number of likely N-dealkylation sites (N-methyl/N-ethyl adjacent to an activating group) is 1. The van der Waals surface area contributed by atoms with E-state index in [1.807, 2.05) is 37.6 Å². The predicted molar refractivity (Wildman–Crippen MR) is 137 cm³/mol. The van der Waals surface area contributed by atoms with Gasteiger partial charge in [0.1, 0.15) is 5.75 Å². The predicted octanol–water partition coefficient (Wildman–Crippen LogP) is 5.41. The van der Waals surface area contributed by atoms with Crippen molar-refractivity contribution >= 4 is 10.8 Å². The van der Waals surface area contributed by atoms with Gasteiger partial charge < -0.3 is 19.3 Å². The molecule has 4 aromatic rings. The van der Waals surface area contributed by atoms with Crippen molar-refractivity contribution in [3.63, 3.8) is 0 Å². The van der Waals surface area contributed by atoms with Crippen LogP contribution in [0, 0.1) is 6.92 Å². The first-order valence-electron chi connectivity index (χ1n) is 12.2. The zero-order chi connectivity index (χ0) is 26.2. The number of hydrogen-bond donors (Lipinski definition) is 1. The Bertz CT molecular complexity index is 1390. The Morgan fingerprint density at radius 1 is 0.919 bits per heavy atom. The molecule has 194 valence electrons. The lowest BCUT2D eigenvalue weighted by Gasteiger charge is -2.32. The molecule has 0 spiro atoms. The zero-order valence-corrected chi connectivity index (χ0v) is 20.8. The molecule has 0 unspecified atom stereocenters. The normalized spacial score (nSPS) is 15.4. The van der Waals surface area contributed by atoms with Crippen LogP contribution in [0.15, 0.2) is 61.1 Å². The smallest absolute Gasteiger partial charge is 0.494 e. The number of nitrogens with zero attached hydrogens (tertiary/aromatic N) is 4. The van der Waals surface area contributed by atoms with Gasteiger partial charge in [0.25, 0.3) is 0 Å².